The molecule has 10 heteroatoms. The van der Waals surface area contributed by atoms with Gasteiger partial charge in [0.2, 0.25) is 0 Å². The number of benzene rings is 2. The fourth-order valence-corrected chi connectivity index (χ4v) is 3.44. The molecule has 0 fully saturated rings. The predicted molar refractivity (Wildman–Crippen MR) is 114 cm³/mol. The van der Waals surface area contributed by atoms with Gasteiger partial charge < -0.3 is 5.32 Å². The molecule has 4 rings (SSSR count). The molecule has 0 aliphatic rings. The zero-order chi connectivity index (χ0) is 22.9. The maximum atomic E-state index is 13.6. The first-order valence-corrected chi connectivity index (χ1v) is 9.72. The number of rotatable bonds is 4. The molecule has 0 unspecified atom stereocenters. The maximum absolute atomic E-state index is 13.6. The van der Waals surface area contributed by atoms with Crippen molar-refractivity contribution < 1.29 is 18.0 Å². The monoisotopic (exact) mass is 457 g/mol. The van der Waals surface area contributed by atoms with Crippen LogP contribution in [0.25, 0.3) is 16.9 Å². The van der Waals surface area contributed by atoms with E-state index in [1.165, 1.54) is 12.4 Å². The van der Waals surface area contributed by atoms with Gasteiger partial charge in [-0.25, -0.2) is 4.98 Å². The average Bonchev–Trinajstić information content (AvgIpc) is 3.28. The second-order valence-electron chi connectivity index (χ2n) is 6.88. The van der Waals surface area contributed by atoms with Gasteiger partial charge in [-0.05, 0) is 36.2 Å². The number of halogens is 4. The molecule has 0 bridgehead atoms. The van der Waals surface area contributed by atoms with E-state index < -0.39 is 23.5 Å². The lowest BCUT2D eigenvalue weighted by Crippen LogP contribution is -2.17. The highest BCUT2D eigenvalue weighted by Crippen LogP contribution is 2.34. The van der Waals surface area contributed by atoms with Crippen LogP contribution < -0.4 is 5.32 Å². The van der Waals surface area contributed by atoms with E-state index in [9.17, 15) is 18.0 Å². The Hall–Kier alpha value is -3.72. The number of nitrogens with one attached hydrogen (secondary N) is 1. The minimum atomic E-state index is -4.72. The number of aromatic nitrogens is 4. The molecule has 2 aromatic heterocycles. The Labute approximate surface area is 185 Å². The van der Waals surface area contributed by atoms with Crippen molar-refractivity contribution >= 4 is 23.2 Å². The first kappa shape index (κ1) is 21.5. The fraction of sp³-hybridized carbons (Fsp3) is 0.0909. The molecule has 0 atom stereocenters. The highest BCUT2D eigenvalue weighted by Gasteiger charge is 2.36. The lowest BCUT2D eigenvalue weighted by atomic mass is 9.99. The molecule has 0 saturated heterocycles. The molecule has 0 spiro atoms. The number of pyridine rings is 1. The number of hydrogen-bond acceptors (Lipinski definition) is 4. The van der Waals surface area contributed by atoms with Gasteiger partial charge in [-0.3, -0.25) is 4.79 Å². The molecule has 32 heavy (non-hydrogen) atoms. The normalized spacial score (nSPS) is 11.4. The van der Waals surface area contributed by atoms with Gasteiger partial charge in [-0.2, -0.15) is 23.4 Å². The summed E-state index contributed by atoms with van der Waals surface area (Å²) < 4.78 is 40.7. The Morgan fingerprint density at radius 3 is 2.44 bits per heavy atom. The van der Waals surface area contributed by atoms with E-state index in [1.807, 2.05) is 18.2 Å². The van der Waals surface area contributed by atoms with Crippen molar-refractivity contribution in [2.24, 2.45) is 0 Å². The van der Waals surface area contributed by atoms with Crippen molar-refractivity contribution in [1.29, 1.82) is 0 Å². The number of alkyl halides is 3. The third-order valence-electron chi connectivity index (χ3n) is 4.69. The summed E-state index contributed by atoms with van der Waals surface area (Å²) in [5, 5.41) is 10.4. The van der Waals surface area contributed by atoms with Gasteiger partial charge in [-0.1, -0.05) is 41.9 Å². The van der Waals surface area contributed by atoms with Crippen molar-refractivity contribution in [2.75, 3.05) is 5.32 Å². The first-order chi connectivity index (χ1) is 15.2. The van der Waals surface area contributed by atoms with E-state index in [1.54, 1.807) is 31.2 Å². The van der Waals surface area contributed by atoms with Gasteiger partial charge in [0.25, 0.3) is 5.91 Å². The van der Waals surface area contributed by atoms with Crippen LogP contribution >= 0.6 is 11.6 Å². The van der Waals surface area contributed by atoms with Crippen molar-refractivity contribution in [2.45, 2.75) is 13.1 Å². The fourth-order valence-electron chi connectivity index (χ4n) is 3.20. The standard InChI is InChI=1S/C22H15ClF3N5O/c1-13-10-14(17-4-2-3-5-19(17)23)6-7-16(13)21(32)30-15-11-18(22(24,25)26)20(27-12-15)31-28-8-9-29-31/h2-12H,1H3,(H,30,32). The zero-order valence-corrected chi connectivity index (χ0v) is 17.3. The number of amides is 1. The van der Waals surface area contributed by atoms with Crippen LogP contribution in [-0.4, -0.2) is 25.9 Å². The van der Waals surface area contributed by atoms with Crippen LogP contribution in [0.15, 0.2) is 67.1 Å². The number of hydrogen-bond donors (Lipinski definition) is 1. The lowest BCUT2D eigenvalue weighted by Gasteiger charge is -2.14. The summed E-state index contributed by atoms with van der Waals surface area (Å²) in [6, 6.07) is 13.2. The molecule has 2 heterocycles. The van der Waals surface area contributed by atoms with Crippen LogP contribution in [0, 0.1) is 6.92 Å². The Morgan fingerprint density at radius 1 is 1.06 bits per heavy atom. The van der Waals surface area contributed by atoms with Crippen LogP contribution in [0.3, 0.4) is 0 Å². The van der Waals surface area contributed by atoms with Gasteiger partial charge in [0, 0.05) is 16.1 Å². The Balaban J connectivity index is 1.62. The summed E-state index contributed by atoms with van der Waals surface area (Å²) in [4.78, 5) is 17.3. The topological polar surface area (TPSA) is 72.7 Å². The van der Waals surface area contributed by atoms with E-state index in [0.29, 0.717) is 16.1 Å². The largest absolute Gasteiger partial charge is 0.420 e. The van der Waals surface area contributed by atoms with Crippen LogP contribution in [0.1, 0.15) is 21.5 Å². The highest BCUT2D eigenvalue weighted by molar-refractivity contribution is 6.33. The van der Waals surface area contributed by atoms with Crippen LogP contribution in [0.5, 0.6) is 0 Å². The van der Waals surface area contributed by atoms with Gasteiger partial charge in [0.05, 0.1) is 24.3 Å². The zero-order valence-electron chi connectivity index (χ0n) is 16.6. The number of nitrogens with zero attached hydrogens (tertiary/aromatic N) is 4. The highest BCUT2D eigenvalue weighted by atomic mass is 35.5. The molecule has 0 saturated carbocycles. The average molecular weight is 458 g/mol. The van der Waals surface area contributed by atoms with E-state index >= 15 is 0 Å². The van der Waals surface area contributed by atoms with Gasteiger partial charge in [0.1, 0.15) is 5.56 Å². The van der Waals surface area contributed by atoms with Crippen LogP contribution in [-0.2, 0) is 6.18 Å². The number of anilines is 1. The molecule has 1 amide bonds. The van der Waals surface area contributed by atoms with Gasteiger partial charge in [0.15, 0.2) is 5.82 Å². The van der Waals surface area contributed by atoms with Gasteiger partial charge in [-0.15, -0.1) is 4.80 Å². The lowest BCUT2D eigenvalue weighted by molar-refractivity contribution is -0.137. The molecule has 162 valence electrons. The van der Waals surface area contributed by atoms with Crippen molar-refractivity contribution in [1.82, 2.24) is 20.0 Å². The number of carbonyl (C=O) groups excluding carboxylic acids is 1. The Morgan fingerprint density at radius 2 is 1.78 bits per heavy atom. The Bertz CT molecular complexity index is 1290. The smallest absolute Gasteiger partial charge is 0.321 e. The second kappa shape index (κ2) is 8.43. The predicted octanol–water partition coefficient (Wildman–Crippen LogP) is 5.56. The van der Waals surface area contributed by atoms with E-state index in [2.05, 4.69) is 20.5 Å². The van der Waals surface area contributed by atoms with Crippen molar-refractivity contribution in [3.63, 3.8) is 0 Å². The van der Waals surface area contributed by atoms with Crippen LogP contribution in [0.2, 0.25) is 5.02 Å². The van der Waals surface area contributed by atoms with E-state index in [0.717, 1.165) is 28.2 Å². The number of carbonyl (C=O) groups is 1. The summed E-state index contributed by atoms with van der Waals surface area (Å²) in [6.07, 6.45) is -1.11. The first-order valence-electron chi connectivity index (χ1n) is 9.35. The molecule has 4 aromatic rings. The molecule has 6 nitrogen and oxygen atoms in total. The summed E-state index contributed by atoms with van der Waals surface area (Å²) in [7, 11) is 0. The van der Waals surface area contributed by atoms with Crippen molar-refractivity contribution in [3.8, 4) is 16.9 Å². The SMILES string of the molecule is Cc1cc(-c2ccccc2Cl)ccc1C(=O)Nc1cnc(-n2nccn2)c(C(F)(F)F)c1. The summed E-state index contributed by atoms with van der Waals surface area (Å²) in [5.74, 6) is -1.05. The van der Waals surface area contributed by atoms with E-state index in [4.69, 9.17) is 11.6 Å². The summed E-state index contributed by atoms with van der Waals surface area (Å²) >= 11 is 6.23. The Kier molecular flexibility index (Phi) is 5.67. The quantitative estimate of drug-likeness (QED) is 0.435. The number of aryl methyl sites for hydroxylation is 1. The third kappa shape index (κ3) is 4.33. The molecule has 1 N–H and O–H groups in total. The molecule has 2 aromatic carbocycles. The third-order valence-corrected chi connectivity index (χ3v) is 5.02. The second-order valence-corrected chi connectivity index (χ2v) is 7.28. The summed E-state index contributed by atoms with van der Waals surface area (Å²) in [5.41, 5.74) is 1.41. The minimum absolute atomic E-state index is 0.104. The molecular formula is C22H15ClF3N5O. The molecule has 0 aliphatic heterocycles. The minimum Gasteiger partial charge on any atom is -0.321 e. The molecule has 0 aliphatic carbocycles. The van der Waals surface area contributed by atoms with Gasteiger partial charge >= 0.3 is 6.18 Å². The van der Waals surface area contributed by atoms with Crippen LogP contribution in [0.4, 0.5) is 18.9 Å². The molecule has 0 radical (unpaired) electrons. The van der Waals surface area contributed by atoms with Crippen molar-refractivity contribution in [3.05, 3.63) is 88.8 Å². The summed E-state index contributed by atoms with van der Waals surface area (Å²) in [6.45, 7) is 1.74. The maximum Gasteiger partial charge on any atom is 0.420 e. The molecular weight excluding hydrogens is 443 g/mol. The van der Waals surface area contributed by atoms with E-state index in [-0.39, 0.29) is 5.69 Å².